The van der Waals surface area contributed by atoms with Gasteiger partial charge in [-0.2, -0.15) is 4.73 Å². The quantitative estimate of drug-likeness (QED) is 0.431. The number of carbonyl (C=O) groups is 1. The molecule has 1 aromatic carbocycles. The lowest BCUT2D eigenvalue weighted by atomic mass is 9.82. The predicted octanol–water partition coefficient (Wildman–Crippen LogP) is 3.15. The molecule has 2 aromatic rings. The summed E-state index contributed by atoms with van der Waals surface area (Å²) in [5, 5.41) is 9.62. The summed E-state index contributed by atoms with van der Waals surface area (Å²) < 4.78 is 11.9. The molecular formula is C22H28N2O4. The highest BCUT2D eigenvalue weighted by Crippen LogP contribution is 2.30. The maximum Gasteiger partial charge on any atom is 0.306 e. The second kappa shape index (κ2) is 9.97. The van der Waals surface area contributed by atoms with Crippen LogP contribution in [0.25, 0.3) is 0 Å². The van der Waals surface area contributed by atoms with E-state index in [1.807, 2.05) is 19.1 Å². The Bertz CT molecular complexity index is 860. The van der Waals surface area contributed by atoms with Gasteiger partial charge in [0.1, 0.15) is 5.75 Å². The Morgan fingerprint density at radius 3 is 3.00 bits per heavy atom. The number of rotatable bonds is 8. The maximum atomic E-state index is 11.7. The Kier molecular flexibility index (Phi) is 7.12. The molecule has 0 saturated carbocycles. The summed E-state index contributed by atoms with van der Waals surface area (Å²) >= 11 is 0. The van der Waals surface area contributed by atoms with Crippen molar-refractivity contribution in [2.45, 2.75) is 39.0 Å². The van der Waals surface area contributed by atoms with E-state index in [4.69, 9.17) is 9.47 Å². The number of esters is 1. The molecule has 1 unspecified atom stereocenters. The number of nitrogens with zero attached hydrogens (tertiary/aromatic N) is 2. The fraction of sp³-hybridized carbons (Fsp3) is 0.455. The highest BCUT2D eigenvalue weighted by Gasteiger charge is 2.22. The summed E-state index contributed by atoms with van der Waals surface area (Å²) in [5.74, 6) is 1.15. The molecule has 1 aliphatic carbocycles. The first-order valence-corrected chi connectivity index (χ1v) is 9.93. The van der Waals surface area contributed by atoms with Crippen molar-refractivity contribution in [2.24, 2.45) is 10.9 Å². The van der Waals surface area contributed by atoms with Crippen molar-refractivity contribution in [3.05, 3.63) is 59.2 Å². The number of benzene rings is 1. The van der Waals surface area contributed by atoms with E-state index >= 15 is 0 Å². The first-order chi connectivity index (χ1) is 13.7. The highest BCUT2D eigenvalue weighted by molar-refractivity contribution is 5.69. The first kappa shape index (κ1) is 20.0. The monoisotopic (exact) mass is 384 g/mol. The van der Waals surface area contributed by atoms with Crippen LogP contribution in [0.5, 0.6) is 5.75 Å². The van der Waals surface area contributed by atoms with Crippen LogP contribution in [0, 0.1) is 5.92 Å². The first-order valence-electron chi connectivity index (χ1n) is 9.93. The van der Waals surface area contributed by atoms with Gasteiger partial charge in [0.15, 0.2) is 5.49 Å². The van der Waals surface area contributed by atoms with E-state index in [2.05, 4.69) is 17.1 Å². The van der Waals surface area contributed by atoms with Crippen LogP contribution in [0.2, 0.25) is 0 Å². The molecule has 1 atom stereocenters. The molecule has 1 aliphatic rings. The molecule has 0 aliphatic heterocycles. The van der Waals surface area contributed by atoms with Gasteiger partial charge in [-0.1, -0.05) is 12.1 Å². The zero-order valence-electron chi connectivity index (χ0n) is 16.3. The number of fused-ring (bicyclic) bond motifs is 1. The summed E-state index contributed by atoms with van der Waals surface area (Å²) in [5.41, 5.74) is 3.15. The van der Waals surface area contributed by atoms with Crippen molar-refractivity contribution >= 4 is 5.97 Å². The molecule has 150 valence electrons. The number of aromatic nitrogens is 1. The Balaban J connectivity index is 1.46. The fourth-order valence-corrected chi connectivity index (χ4v) is 3.53. The second-order valence-corrected chi connectivity index (χ2v) is 7.04. The Morgan fingerprint density at radius 1 is 1.29 bits per heavy atom. The number of ether oxygens (including phenoxy) is 2. The van der Waals surface area contributed by atoms with E-state index in [-0.39, 0.29) is 5.97 Å². The van der Waals surface area contributed by atoms with Crippen LogP contribution in [-0.2, 0) is 22.4 Å². The van der Waals surface area contributed by atoms with Crippen molar-refractivity contribution in [1.82, 2.24) is 4.73 Å². The zero-order valence-corrected chi connectivity index (χ0v) is 16.3. The van der Waals surface area contributed by atoms with Gasteiger partial charge in [-0.15, -0.1) is 0 Å². The SMILES string of the molecule is CCOC(=O)CC1CCc2cc(OCCCN=c3ccccn3O)ccc2C1. The summed E-state index contributed by atoms with van der Waals surface area (Å²) in [4.78, 5) is 16.0. The number of carbonyl (C=O) groups excluding carboxylic acids is 1. The summed E-state index contributed by atoms with van der Waals surface area (Å²) in [6.07, 6.45) is 5.73. The summed E-state index contributed by atoms with van der Waals surface area (Å²) in [6.45, 7) is 3.45. The minimum absolute atomic E-state index is 0.0939. The second-order valence-electron chi connectivity index (χ2n) is 7.04. The highest BCUT2D eigenvalue weighted by atomic mass is 16.5. The molecule has 1 N–H and O–H groups in total. The van der Waals surface area contributed by atoms with E-state index in [0.29, 0.717) is 37.6 Å². The van der Waals surface area contributed by atoms with Gasteiger partial charge in [0.25, 0.3) is 0 Å². The van der Waals surface area contributed by atoms with Gasteiger partial charge in [-0.25, -0.2) is 0 Å². The molecule has 0 fully saturated rings. The van der Waals surface area contributed by atoms with E-state index < -0.39 is 0 Å². The largest absolute Gasteiger partial charge is 0.494 e. The van der Waals surface area contributed by atoms with Gasteiger partial charge in [0.05, 0.1) is 13.2 Å². The minimum Gasteiger partial charge on any atom is -0.494 e. The lowest BCUT2D eigenvalue weighted by Gasteiger charge is -2.24. The predicted molar refractivity (Wildman–Crippen MR) is 105 cm³/mol. The molecule has 0 amide bonds. The molecule has 28 heavy (non-hydrogen) atoms. The van der Waals surface area contributed by atoms with Crippen LogP contribution in [-0.4, -0.2) is 35.7 Å². The Morgan fingerprint density at radius 2 is 2.18 bits per heavy atom. The third-order valence-electron chi connectivity index (χ3n) is 4.93. The molecule has 0 saturated heterocycles. The van der Waals surface area contributed by atoms with E-state index in [0.717, 1.165) is 36.2 Å². The summed E-state index contributed by atoms with van der Waals surface area (Å²) in [6, 6.07) is 11.6. The minimum atomic E-state index is -0.0939. The van der Waals surface area contributed by atoms with Crippen LogP contribution < -0.4 is 10.2 Å². The fourth-order valence-electron chi connectivity index (χ4n) is 3.53. The zero-order chi connectivity index (χ0) is 19.8. The number of hydrogen-bond acceptors (Lipinski definition) is 5. The third kappa shape index (κ3) is 5.62. The van der Waals surface area contributed by atoms with E-state index in [9.17, 15) is 10.0 Å². The van der Waals surface area contributed by atoms with Gasteiger partial charge in [-0.3, -0.25) is 9.79 Å². The molecule has 6 heteroatoms. The lowest BCUT2D eigenvalue weighted by molar-refractivity contribution is -0.144. The van der Waals surface area contributed by atoms with Crippen LogP contribution in [0.1, 0.15) is 37.3 Å². The van der Waals surface area contributed by atoms with Gasteiger partial charge < -0.3 is 14.7 Å². The maximum absolute atomic E-state index is 11.7. The normalized spacial score (nSPS) is 16.5. The smallest absolute Gasteiger partial charge is 0.306 e. The van der Waals surface area contributed by atoms with Crippen LogP contribution in [0.15, 0.2) is 47.6 Å². The van der Waals surface area contributed by atoms with Crippen molar-refractivity contribution in [1.29, 1.82) is 0 Å². The van der Waals surface area contributed by atoms with Crippen LogP contribution in [0.4, 0.5) is 0 Å². The molecule has 0 radical (unpaired) electrons. The van der Waals surface area contributed by atoms with Crippen molar-refractivity contribution in [3.8, 4) is 5.75 Å². The number of aryl methyl sites for hydroxylation is 1. The van der Waals surface area contributed by atoms with Crippen LogP contribution in [0.3, 0.4) is 0 Å². The molecular weight excluding hydrogens is 356 g/mol. The average molecular weight is 384 g/mol. The topological polar surface area (TPSA) is 73.0 Å². The molecule has 0 bridgehead atoms. The Hall–Kier alpha value is -2.76. The van der Waals surface area contributed by atoms with Gasteiger partial charge in [0.2, 0.25) is 0 Å². The number of hydrogen-bond donors (Lipinski definition) is 1. The molecule has 1 aromatic heterocycles. The van der Waals surface area contributed by atoms with Crippen molar-refractivity contribution in [2.75, 3.05) is 19.8 Å². The Labute approximate surface area is 165 Å². The summed E-state index contributed by atoms with van der Waals surface area (Å²) in [7, 11) is 0. The van der Waals surface area contributed by atoms with E-state index in [1.165, 1.54) is 11.1 Å². The third-order valence-corrected chi connectivity index (χ3v) is 4.93. The van der Waals surface area contributed by atoms with Gasteiger partial charge in [-0.05, 0) is 67.5 Å². The lowest BCUT2D eigenvalue weighted by Crippen LogP contribution is -2.19. The van der Waals surface area contributed by atoms with Gasteiger partial charge in [0, 0.05) is 25.6 Å². The van der Waals surface area contributed by atoms with Gasteiger partial charge >= 0.3 is 5.97 Å². The van der Waals surface area contributed by atoms with Crippen LogP contribution >= 0.6 is 0 Å². The van der Waals surface area contributed by atoms with E-state index in [1.54, 1.807) is 18.3 Å². The van der Waals surface area contributed by atoms with Crippen molar-refractivity contribution < 1.29 is 19.5 Å². The standard InChI is InChI=1S/C22H28N2O4/c1-2-27-22(25)15-17-7-8-19-16-20(10-9-18(19)14-17)28-13-5-11-23-21-6-3-4-12-24(21)26/h3-4,6,9-10,12,16-17,26H,2,5,7-8,11,13-15H2,1H3. The molecule has 3 rings (SSSR count). The molecule has 1 heterocycles. The molecule has 6 nitrogen and oxygen atoms in total. The average Bonchev–Trinajstić information content (AvgIpc) is 2.69. The van der Waals surface area contributed by atoms with Crippen molar-refractivity contribution in [3.63, 3.8) is 0 Å². The molecule has 0 spiro atoms. The number of pyridine rings is 1.